The van der Waals surface area contributed by atoms with Crippen LogP contribution in [0.25, 0.3) is 10.9 Å². The minimum atomic E-state index is -0.571. The van der Waals surface area contributed by atoms with E-state index in [4.69, 9.17) is 0 Å². The lowest BCUT2D eigenvalue weighted by molar-refractivity contribution is 0.112. The third-order valence-electron chi connectivity index (χ3n) is 3.32. The highest BCUT2D eigenvalue weighted by molar-refractivity contribution is 5.87. The van der Waals surface area contributed by atoms with Gasteiger partial charge in [0.15, 0.2) is 0 Å². The minimum Gasteiger partial charge on any atom is -0.343 e. The average Bonchev–Trinajstić information content (AvgIpc) is 2.85. The number of halogens is 2. The quantitative estimate of drug-likeness (QED) is 0.664. The molecule has 0 fully saturated rings. The van der Waals surface area contributed by atoms with Crippen LogP contribution < -0.4 is 0 Å². The molecule has 3 rings (SSSR count). The molecule has 100 valence electrons. The Labute approximate surface area is 114 Å². The maximum Gasteiger partial charge on any atom is 0.150 e. The number of fused-ring (bicyclic) bond motifs is 1. The van der Waals surface area contributed by atoms with Crippen molar-refractivity contribution in [3.8, 4) is 0 Å². The van der Waals surface area contributed by atoms with E-state index in [1.807, 2.05) is 12.1 Å². The van der Waals surface area contributed by atoms with Crippen LogP contribution >= 0.6 is 0 Å². The van der Waals surface area contributed by atoms with Crippen molar-refractivity contribution in [1.29, 1.82) is 0 Å². The van der Waals surface area contributed by atoms with Crippen molar-refractivity contribution in [1.82, 2.24) is 4.57 Å². The van der Waals surface area contributed by atoms with Gasteiger partial charge in [0.25, 0.3) is 0 Å². The van der Waals surface area contributed by atoms with E-state index >= 15 is 0 Å². The fraction of sp³-hybridized carbons (Fsp3) is 0.0625. The van der Waals surface area contributed by atoms with Gasteiger partial charge in [0.05, 0.1) is 6.54 Å². The van der Waals surface area contributed by atoms with Crippen LogP contribution in [0, 0.1) is 11.6 Å². The Morgan fingerprint density at radius 3 is 2.50 bits per heavy atom. The zero-order valence-electron chi connectivity index (χ0n) is 10.5. The van der Waals surface area contributed by atoms with Crippen molar-refractivity contribution < 1.29 is 13.6 Å². The Kier molecular flexibility index (Phi) is 3.06. The Hall–Kier alpha value is -2.49. The number of aromatic nitrogens is 1. The molecule has 0 unspecified atom stereocenters. The Morgan fingerprint density at radius 2 is 1.80 bits per heavy atom. The number of benzene rings is 2. The van der Waals surface area contributed by atoms with Gasteiger partial charge in [0.1, 0.15) is 17.9 Å². The Morgan fingerprint density at radius 1 is 1.05 bits per heavy atom. The molecule has 0 bridgehead atoms. The number of carbonyl (C=O) groups excluding carboxylic acids is 1. The topological polar surface area (TPSA) is 22.0 Å². The van der Waals surface area contributed by atoms with Gasteiger partial charge >= 0.3 is 0 Å². The number of rotatable bonds is 3. The standard InChI is InChI=1S/C16H11F2NO/c17-14-2-1-3-15(18)13(14)9-19-7-6-12-5-4-11(10-20)8-16(12)19/h1-8,10H,9H2. The molecule has 2 nitrogen and oxygen atoms in total. The molecular formula is C16H11F2NO. The monoisotopic (exact) mass is 271 g/mol. The van der Waals surface area contributed by atoms with Crippen LogP contribution in [0.4, 0.5) is 8.78 Å². The predicted octanol–water partition coefficient (Wildman–Crippen LogP) is 3.78. The lowest BCUT2D eigenvalue weighted by Gasteiger charge is -2.08. The number of aldehydes is 1. The van der Waals surface area contributed by atoms with E-state index in [0.717, 1.165) is 17.2 Å². The van der Waals surface area contributed by atoms with Gasteiger partial charge in [-0.05, 0) is 29.7 Å². The second kappa shape index (κ2) is 4.89. The molecule has 0 amide bonds. The number of nitrogens with zero attached hydrogens (tertiary/aromatic N) is 1. The number of hydrogen-bond donors (Lipinski definition) is 0. The zero-order chi connectivity index (χ0) is 14.1. The summed E-state index contributed by atoms with van der Waals surface area (Å²) in [6, 6.07) is 10.9. The summed E-state index contributed by atoms with van der Waals surface area (Å²) in [5.41, 5.74) is 1.32. The van der Waals surface area contributed by atoms with Crippen molar-refractivity contribution in [2.45, 2.75) is 6.54 Å². The molecular weight excluding hydrogens is 260 g/mol. The lowest BCUT2D eigenvalue weighted by Crippen LogP contribution is -2.03. The van der Waals surface area contributed by atoms with Crippen molar-refractivity contribution in [3.05, 3.63) is 71.4 Å². The highest BCUT2D eigenvalue weighted by Gasteiger charge is 2.10. The van der Waals surface area contributed by atoms with Gasteiger partial charge in [-0.15, -0.1) is 0 Å². The van der Waals surface area contributed by atoms with E-state index in [-0.39, 0.29) is 12.1 Å². The Balaban J connectivity index is 2.09. The van der Waals surface area contributed by atoms with Crippen molar-refractivity contribution >= 4 is 17.2 Å². The first-order valence-electron chi connectivity index (χ1n) is 6.16. The fourth-order valence-corrected chi connectivity index (χ4v) is 2.27. The molecule has 1 heterocycles. The molecule has 3 aromatic rings. The molecule has 20 heavy (non-hydrogen) atoms. The van der Waals surface area contributed by atoms with Crippen molar-refractivity contribution in [2.24, 2.45) is 0 Å². The highest BCUT2D eigenvalue weighted by Crippen LogP contribution is 2.20. The molecule has 0 N–H and O–H groups in total. The van der Waals surface area contributed by atoms with Gasteiger partial charge in [-0.2, -0.15) is 0 Å². The van der Waals surface area contributed by atoms with Gasteiger partial charge < -0.3 is 4.57 Å². The lowest BCUT2D eigenvalue weighted by atomic mass is 10.1. The van der Waals surface area contributed by atoms with E-state index in [9.17, 15) is 13.6 Å². The van der Waals surface area contributed by atoms with Crippen LogP contribution in [0.15, 0.2) is 48.7 Å². The molecule has 0 radical (unpaired) electrons. The summed E-state index contributed by atoms with van der Waals surface area (Å²) >= 11 is 0. The summed E-state index contributed by atoms with van der Waals surface area (Å²) in [7, 11) is 0. The van der Waals surface area contributed by atoms with E-state index in [1.165, 1.54) is 18.2 Å². The first kappa shape index (κ1) is 12.5. The summed E-state index contributed by atoms with van der Waals surface area (Å²) < 4.78 is 29.1. The van der Waals surface area contributed by atoms with Gasteiger partial charge in [-0.3, -0.25) is 4.79 Å². The SMILES string of the molecule is O=Cc1ccc2ccn(Cc3c(F)cccc3F)c2c1. The Bertz CT molecular complexity index is 772. The third-order valence-corrected chi connectivity index (χ3v) is 3.32. The van der Waals surface area contributed by atoms with Gasteiger partial charge in [-0.1, -0.05) is 18.2 Å². The number of hydrogen-bond acceptors (Lipinski definition) is 1. The number of carbonyl (C=O) groups is 1. The molecule has 0 saturated heterocycles. The van der Waals surface area contributed by atoms with E-state index < -0.39 is 11.6 Å². The molecule has 0 aliphatic rings. The summed E-state index contributed by atoms with van der Waals surface area (Å²) in [5.74, 6) is -1.14. The van der Waals surface area contributed by atoms with Gasteiger partial charge in [0, 0.05) is 22.8 Å². The summed E-state index contributed by atoms with van der Waals surface area (Å²) in [6.45, 7) is 0.0876. The van der Waals surface area contributed by atoms with E-state index in [0.29, 0.717) is 5.56 Å². The fourth-order valence-electron chi connectivity index (χ4n) is 2.27. The third kappa shape index (κ3) is 2.09. The van der Waals surface area contributed by atoms with Crippen molar-refractivity contribution in [3.63, 3.8) is 0 Å². The molecule has 0 aliphatic carbocycles. The summed E-state index contributed by atoms with van der Waals surface area (Å²) in [5, 5.41) is 0.923. The highest BCUT2D eigenvalue weighted by atomic mass is 19.1. The van der Waals surface area contributed by atoms with Crippen molar-refractivity contribution in [2.75, 3.05) is 0 Å². The maximum atomic E-state index is 13.7. The average molecular weight is 271 g/mol. The van der Waals surface area contributed by atoms with Crippen LogP contribution in [-0.2, 0) is 6.54 Å². The summed E-state index contributed by atoms with van der Waals surface area (Å²) in [4.78, 5) is 10.8. The minimum absolute atomic E-state index is 0.0153. The zero-order valence-corrected chi connectivity index (χ0v) is 10.5. The largest absolute Gasteiger partial charge is 0.343 e. The normalized spacial score (nSPS) is 10.9. The van der Waals surface area contributed by atoms with Gasteiger partial charge in [0.2, 0.25) is 0 Å². The maximum absolute atomic E-state index is 13.7. The molecule has 0 spiro atoms. The summed E-state index contributed by atoms with van der Waals surface area (Å²) in [6.07, 6.45) is 2.51. The van der Waals surface area contributed by atoms with Gasteiger partial charge in [-0.25, -0.2) is 8.78 Å². The molecule has 0 saturated carbocycles. The second-order valence-electron chi connectivity index (χ2n) is 4.58. The van der Waals surface area contributed by atoms with Crippen LogP contribution in [0.3, 0.4) is 0 Å². The first-order chi connectivity index (χ1) is 9.69. The molecule has 2 aromatic carbocycles. The van der Waals surface area contributed by atoms with E-state index in [1.54, 1.807) is 22.9 Å². The molecule has 0 aliphatic heterocycles. The predicted molar refractivity (Wildman–Crippen MR) is 72.8 cm³/mol. The second-order valence-corrected chi connectivity index (χ2v) is 4.58. The molecule has 0 atom stereocenters. The van der Waals surface area contributed by atoms with E-state index in [2.05, 4.69) is 0 Å². The first-order valence-corrected chi connectivity index (χ1v) is 6.16. The van der Waals surface area contributed by atoms with Crippen LogP contribution in [-0.4, -0.2) is 10.9 Å². The van der Waals surface area contributed by atoms with Crippen LogP contribution in [0.1, 0.15) is 15.9 Å². The van der Waals surface area contributed by atoms with Crippen LogP contribution in [0.2, 0.25) is 0 Å². The van der Waals surface area contributed by atoms with Crippen LogP contribution in [0.5, 0.6) is 0 Å². The molecule has 4 heteroatoms. The molecule has 1 aromatic heterocycles. The smallest absolute Gasteiger partial charge is 0.150 e.